The van der Waals surface area contributed by atoms with Gasteiger partial charge in [0.15, 0.2) is 0 Å². The van der Waals surface area contributed by atoms with Crippen molar-refractivity contribution in [2.45, 2.75) is 18.7 Å². The third-order valence-electron chi connectivity index (χ3n) is 2.80. The maximum absolute atomic E-state index is 5.81. The molecule has 2 aromatic heterocycles. The number of nitrogens with one attached hydrogen (secondary N) is 1. The highest BCUT2D eigenvalue weighted by Crippen LogP contribution is 2.09. The van der Waals surface area contributed by atoms with Crippen molar-refractivity contribution in [2.75, 3.05) is 0 Å². The summed E-state index contributed by atoms with van der Waals surface area (Å²) in [6, 6.07) is 2.13. The highest BCUT2D eigenvalue weighted by atomic mass is 35.5. The largest absolute Gasteiger partial charge is 0.339 e. The summed E-state index contributed by atoms with van der Waals surface area (Å²) in [6.07, 6.45) is 8.57. The van der Waals surface area contributed by atoms with E-state index in [4.69, 9.17) is 11.6 Å². The summed E-state index contributed by atoms with van der Waals surface area (Å²) < 4.78 is 0. The molecule has 1 aliphatic rings. The maximum Gasteiger partial charge on any atom is 0.138 e. The Morgan fingerprint density at radius 2 is 2.20 bits per heavy atom. The van der Waals surface area contributed by atoms with Gasteiger partial charge in [-0.3, -0.25) is 0 Å². The normalized spacial score (nSPS) is 14.5. The molecule has 0 aromatic carbocycles. The van der Waals surface area contributed by atoms with Crippen LogP contribution in [0, 0.1) is 0 Å². The predicted molar refractivity (Wildman–Crippen MR) is 63.1 cm³/mol. The zero-order chi connectivity index (χ0) is 10.3. The molecule has 2 heterocycles. The number of rotatable bonds is 1. The number of alkyl halides is 1. The van der Waals surface area contributed by atoms with Crippen LogP contribution in [0.2, 0.25) is 0 Å². The number of aromatic nitrogens is 2. The van der Waals surface area contributed by atoms with Gasteiger partial charge in [0, 0.05) is 28.0 Å². The van der Waals surface area contributed by atoms with Gasteiger partial charge in [0.25, 0.3) is 0 Å². The van der Waals surface area contributed by atoms with Gasteiger partial charge < -0.3 is 4.98 Å². The molecule has 0 fully saturated rings. The van der Waals surface area contributed by atoms with Crippen LogP contribution in [0.1, 0.15) is 18.4 Å². The second-order valence-corrected chi connectivity index (χ2v) is 4.08. The molecule has 2 aromatic rings. The van der Waals surface area contributed by atoms with Gasteiger partial charge in [-0.05, 0) is 24.5 Å². The van der Waals surface area contributed by atoms with Crippen LogP contribution < -0.4 is 10.6 Å². The minimum atomic E-state index is 0.520. The molecule has 0 saturated carbocycles. The topological polar surface area (TPSA) is 28.7 Å². The summed E-state index contributed by atoms with van der Waals surface area (Å²) in [5.74, 6) is 0.520. The van der Waals surface area contributed by atoms with Crippen LogP contribution in [-0.2, 0) is 5.88 Å². The average Bonchev–Trinajstić information content (AvgIpc) is 2.66. The Morgan fingerprint density at radius 3 is 3.07 bits per heavy atom. The zero-order valence-electron chi connectivity index (χ0n) is 8.26. The van der Waals surface area contributed by atoms with Crippen molar-refractivity contribution in [3.8, 4) is 0 Å². The molecule has 0 unspecified atom stereocenters. The summed E-state index contributed by atoms with van der Waals surface area (Å²) in [5, 5.41) is 3.69. The standard InChI is InChI=1S/C12H11ClN2/c13-6-8-5-10-9-3-1-2-4-11(9)15-12(10)14-7-8/h3-5,7H,1-2,6H2,(H,14,15). The smallest absolute Gasteiger partial charge is 0.138 e. The Bertz CT molecular complexity index is 625. The van der Waals surface area contributed by atoms with Crippen molar-refractivity contribution in [3.63, 3.8) is 0 Å². The molecule has 1 N–H and O–H groups in total. The van der Waals surface area contributed by atoms with E-state index in [0.717, 1.165) is 24.1 Å². The molecule has 3 rings (SSSR count). The van der Waals surface area contributed by atoms with Crippen molar-refractivity contribution in [1.29, 1.82) is 0 Å². The lowest BCUT2D eigenvalue weighted by molar-refractivity contribution is 1.10. The first-order chi connectivity index (χ1) is 7.38. The third-order valence-corrected chi connectivity index (χ3v) is 3.10. The molecule has 15 heavy (non-hydrogen) atoms. The SMILES string of the molecule is ClCc1cnc2[nH]c3c(c2c1)=CCCC=3. The molecule has 0 atom stereocenters. The Hall–Kier alpha value is -1.28. The summed E-state index contributed by atoms with van der Waals surface area (Å²) in [4.78, 5) is 7.70. The second kappa shape index (κ2) is 3.38. The van der Waals surface area contributed by atoms with E-state index in [1.807, 2.05) is 6.20 Å². The van der Waals surface area contributed by atoms with Crippen LogP contribution >= 0.6 is 11.6 Å². The maximum atomic E-state index is 5.81. The van der Waals surface area contributed by atoms with E-state index in [-0.39, 0.29) is 0 Å². The minimum absolute atomic E-state index is 0.520. The Kier molecular flexibility index (Phi) is 2.03. The molecule has 1 aliphatic carbocycles. The lowest BCUT2D eigenvalue weighted by Gasteiger charge is -1.95. The number of pyridine rings is 1. The molecule has 2 nitrogen and oxygen atoms in total. The van der Waals surface area contributed by atoms with Crippen molar-refractivity contribution < 1.29 is 0 Å². The van der Waals surface area contributed by atoms with Gasteiger partial charge >= 0.3 is 0 Å². The summed E-state index contributed by atoms with van der Waals surface area (Å²) in [7, 11) is 0. The monoisotopic (exact) mass is 218 g/mol. The van der Waals surface area contributed by atoms with E-state index in [9.17, 15) is 0 Å². The fourth-order valence-electron chi connectivity index (χ4n) is 2.06. The van der Waals surface area contributed by atoms with Crippen LogP contribution in [-0.4, -0.2) is 9.97 Å². The van der Waals surface area contributed by atoms with Gasteiger partial charge in [-0.25, -0.2) is 4.98 Å². The molecule has 0 amide bonds. The number of H-pyrrole nitrogens is 1. The van der Waals surface area contributed by atoms with Gasteiger partial charge in [0.05, 0.1) is 0 Å². The van der Waals surface area contributed by atoms with E-state index in [1.54, 1.807) is 0 Å². The van der Waals surface area contributed by atoms with Crippen LogP contribution in [0.4, 0.5) is 0 Å². The molecule has 0 saturated heterocycles. The molecule has 0 bridgehead atoms. The molecular formula is C12H11ClN2. The van der Waals surface area contributed by atoms with Gasteiger partial charge in [-0.2, -0.15) is 0 Å². The van der Waals surface area contributed by atoms with Crippen LogP contribution in [0.25, 0.3) is 23.2 Å². The minimum Gasteiger partial charge on any atom is -0.339 e. The number of nitrogens with zero attached hydrogens (tertiary/aromatic N) is 1. The number of hydrogen-bond acceptors (Lipinski definition) is 1. The molecule has 3 heteroatoms. The first kappa shape index (κ1) is 8.98. The van der Waals surface area contributed by atoms with Gasteiger partial charge in [0.2, 0.25) is 0 Å². The zero-order valence-corrected chi connectivity index (χ0v) is 9.01. The average molecular weight is 219 g/mol. The fourth-order valence-corrected chi connectivity index (χ4v) is 2.21. The van der Waals surface area contributed by atoms with E-state index in [0.29, 0.717) is 5.88 Å². The predicted octanol–water partition coefficient (Wildman–Crippen LogP) is 1.66. The van der Waals surface area contributed by atoms with Gasteiger partial charge in [0.1, 0.15) is 5.65 Å². The van der Waals surface area contributed by atoms with Gasteiger partial charge in [-0.1, -0.05) is 12.2 Å². The highest BCUT2D eigenvalue weighted by molar-refractivity contribution is 6.17. The van der Waals surface area contributed by atoms with E-state index >= 15 is 0 Å². The van der Waals surface area contributed by atoms with Gasteiger partial charge in [-0.15, -0.1) is 11.6 Å². The van der Waals surface area contributed by atoms with Crippen LogP contribution in [0.5, 0.6) is 0 Å². The van der Waals surface area contributed by atoms with E-state index < -0.39 is 0 Å². The molecule has 0 aliphatic heterocycles. The van der Waals surface area contributed by atoms with Crippen LogP contribution in [0.15, 0.2) is 12.3 Å². The Morgan fingerprint density at radius 1 is 1.33 bits per heavy atom. The number of halogens is 1. The highest BCUT2D eigenvalue weighted by Gasteiger charge is 2.04. The van der Waals surface area contributed by atoms with E-state index in [1.165, 1.54) is 16.0 Å². The second-order valence-electron chi connectivity index (χ2n) is 3.81. The van der Waals surface area contributed by atoms with Crippen molar-refractivity contribution in [2.24, 2.45) is 0 Å². The molecule has 0 radical (unpaired) electrons. The third kappa shape index (κ3) is 1.37. The Labute approximate surface area is 92.3 Å². The summed E-state index contributed by atoms with van der Waals surface area (Å²) in [6.45, 7) is 0. The lowest BCUT2D eigenvalue weighted by atomic mass is 10.1. The van der Waals surface area contributed by atoms with Crippen molar-refractivity contribution in [1.82, 2.24) is 9.97 Å². The summed E-state index contributed by atoms with van der Waals surface area (Å²) >= 11 is 5.81. The number of aromatic amines is 1. The van der Waals surface area contributed by atoms with Crippen LogP contribution in [0.3, 0.4) is 0 Å². The number of hydrogen-bond donors (Lipinski definition) is 1. The first-order valence-corrected chi connectivity index (χ1v) is 5.65. The number of fused-ring (bicyclic) bond motifs is 3. The van der Waals surface area contributed by atoms with E-state index in [2.05, 4.69) is 28.2 Å². The molecule has 0 spiro atoms. The van der Waals surface area contributed by atoms with Crippen molar-refractivity contribution in [3.05, 3.63) is 28.4 Å². The molecular weight excluding hydrogens is 208 g/mol. The fraction of sp³-hybridized carbons (Fsp3) is 0.250. The van der Waals surface area contributed by atoms with Crippen molar-refractivity contribution >= 4 is 34.8 Å². The molecule has 76 valence electrons. The summed E-state index contributed by atoms with van der Waals surface area (Å²) in [5.41, 5.74) is 2.04. The lowest BCUT2D eigenvalue weighted by Crippen LogP contribution is -2.24. The first-order valence-electron chi connectivity index (χ1n) is 5.11. The Balaban J connectivity index is 2.45. The quantitative estimate of drug-likeness (QED) is 0.725.